The summed E-state index contributed by atoms with van der Waals surface area (Å²) in [7, 11) is 0. The van der Waals surface area contributed by atoms with Gasteiger partial charge in [0.1, 0.15) is 11.9 Å². The van der Waals surface area contributed by atoms with E-state index < -0.39 is 0 Å². The van der Waals surface area contributed by atoms with Gasteiger partial charge in [-0.3, -0.25) is 0 Å². The normalized spacial score (nSPS) is 11.5. The standard InChI is InChI=1S/C19H36N2/c1-5-7-8-9-10-11-12-13-14-18-16-20-19(17(3)4)21(18)15-6-2/h16-17H,5-15H2,1-4H3/p+1. The van der Waals surface area contributed by atoms with Crippen molar-refractivity contribution < 1.29 is 4.57 Å². The maximum absolute atomic E-state index is 3.50. The van der Waals surface area contributed by atoms with Crippen LogP contribution in [-0.2, 0) is 13.0 Å². The zero-order valence-corrected chi connectivity index (χ0v) is 14.9. The van der Waals surface area contributed by atoms with Gasteiger partial charge in [0.25, 0.3) is 5.82 Å². The van der Waals surface area contributed by atoms with Crippen LogP contribution in [0.1, 0.15) is 103 Å². The van der Waals surface area contributed by atoms with Gasteiger partial charge >= 0.3 is 0 Å². The van der Waals surface area contributed by atoms with Crippen molar-refractivity contribution in [2.75, 3.05) is 0 Å². The van der Waals surface area contributed by atoms with Crippen molar-refractivity contribution in [1.29, 1.82) is 0 Å². The molecule has 0 aliphatic heterocycles. The highest BCUT2D eigenvalue weighted by Crippen LogP contribution is 2.12. The molecule has 1 N–H and O–H groups in total. The van der Waals surface area contributed by atoms with Gasteiger partial charge in [-0.15, -0.1) is 0 Å². The largest absolute Gasteiger partial charge is 0.256 e. The molecular formula is C19H37N2+. The van der Waals surface area contributed by atoms with Crippen LogP contribution in [0.5, 0.6) is 0 Å². The van der Waals surface area contributed by atoms with Crippen molar-refractivity contribution in [2.24, 2.45) is 0 Å². The number of hydrogen-bond acceptors (Lipinski definition) is 0. The molecule has 2 nitrogen and oxygen atoms in total. The van der Waals surface area contributed by atoms with Crippen LogP contribution in [0.15, 0.2) is 6.20 Å². The Labute approximate surface area is 132 Å². The van der Waals surface area contributed by atoms with Crippen molar-refractivity contribution in [3.8, 4) is 0 Å². The lowest BCUT2D eigenvalue weighted by Gasteiger charge is -2.06. The number of aryl methyl sites for hydroxylation is 1. The fourth-order valence-electron chi connectivity index (χ4n) is 3.08. The number of nitrogens with one attached hydrogen (secondary N) is 1. The van der Waals surface area contributed by atoms with Gasteiger partial charge in [0.15, 0.2) is 0 Å². The van der Waals surface area contributed by atoms with Gasteiger partial charge in [0.05, 0.1) is 12.5 Å². The average Bonchev–Trinajstić information content (AvgIpc) is 2.85. The number of hydrogen-bond donors (Lipinski definition) is 1. The Morgan fingerprint density at radius 1 is 0.905 bits per heavy atom. The smallest absolute Gasteiger partial charge is 0.247 e. The van der Waals surface area contributed by atoms with E-state index in [4.69, 9.17) is 0 Å². The lowest BCUT2D eigenvalue weighted by Crippen LogP contribution is -2.40. The molecule has 1 aromatic rings. The summed E-state index contributed by atoms with van der Waals surface area (Å²) < 4.78 is 2.52. The minimum Gasteiger partial charge on any atom is -0.247 e. The molecule has 0 spiro atoms. The molecule has 0 aliphatic rings. The topological polar surface area (TPSA) is 19.7 Å². The molecule has 122 valence electrons. The zero-order chi connectivity index (χ0) is 15.5. The third-order valence-corrected chi connectivity index (χ3v) is 4.30. The molecule has 1 aromatic heterocycles. The molecule has 21 heavy (non-hydrogen) atoms. The Morgan fingerprint density at radius 3 is 2.10 bits per heavy atom. The monoisotopic (exact) mass is 293 g/mol. The molecule has 0 amide bonds. The van der Waals surface area contributed by atoms with Gasteiger partial charge in [0.2, 0.25) is 0 Å². The number of rotatable bonds is 12. The summed E-state index contributed by atoms with van der Waals surface area (Å²) in [6.45, 7) is 10.3. The second-order valence-electron chi connectivity index (χ2n) is 6.70. The first-order chi connectivity index (χ1) is 10.2. The molecule has 0 aromatic carbocycles. The summed E-state index contributed by atoms with van der Waals surface area (Å²) in [5.74, 6) is 1.98. The van der Waals surface area contributed by atoms with Crippen LogP contribution >= 0.6 is 0 Å². The van der Waals surface area contributed by atoms with Crippen LogP contribution in [0.3, 0.4) is 0 Å². The van der Waals surface area contributed by atoms with Crippen LogP contribution < -0.4 is 4.57 Å². The van der Waals surface area contributed by atoms with E-state index in [9.17, 15) is 0 Å². The van der Waals surface area contributed by atoms with Crippen molar-refractivity contribution in [2.45, 2.75) is 104 Å². The molecule has 0 fully saturated rings. The van der Waals surface area contributed by atoms with Gasteiger partial charge in [-0.05, 0) is 12.8 Å². The quantitative estimate of drug-likeness (QED) is 0.387. The van der Waals surface area contributed by atoms with E-state index in [1.54, 1.807) is 0 Å². The molecule has 0 aliphatic carbocycles. The van der Waals surface area contributed by atoms with Gasteiger partial charge in [0, 0.05) is 6.42 Å². The Hall–Kier alpha value is -0.790. The maximum atomic E-state index is 3.50. The Morgan fingerprint density at radius 2 is 1.52 bits per heavy atom. The van der Waals surface area contributed by atoms with Gasteiger partial charge < -0.3 is 0 Å². The second kappa shape index (κ2) is 10.9. The van der Waals surface area contributed by atoms with Crippen molar-refractivity contribution in [3.05, 3.63) is 17.7 Å². The first-order valence-corrected chi connectivity index (χ1v) is 9.30. The average molecular weight is 294 g/mol. The van der Waals surface area contributed by atoms with E-state index in [1.165, 1.54) is 75.7 Å². The highest BCUT2D eigenvalue weighted by atomic mass is 15.1. The summed E-state index contributed by atoms with van der Waals surface area (Å²) in [5.41, 5.74) is 1.51. The predicted octanol–water partition coefficient (Wildman–Crippen LogP) is 5.52. The third kappa shape index (κ3) is 6.67. The summed E-state index contributed by atoms with van der Waals surface area (Å²) in [4.78, 5) is 3.50. The molecule has 0 atom stereocenters. The fraction of sp³-hybridized carbons (Fsp3) is 0.842. The maximum Gasteiger partial charge on any atom is 0.256 e. The molecule has 2 heteroatoms. The molecular weight excluding hydrogens is 256 g/mol. The number of H-pyrrole nitrogens is 1. The SMILES string of the molecule is CCCCCCCCCCc1c[nH]c(C(C)C)[n+]1CCC. The minimum absolute atomic E-state index is 0.587. The summed E-state index contributed by atoms with van der Waals surface area (Å²) >= 11 is 0. The molecule has 1 heterocycles. The molecule has 0 saturated carbocycles. The summed E-state index contributed by atoms with van der Waals surface area (Å²) in [6, 6.07) is 0. The first-order valence-electron chi connectivity index (χ1n) is 9.30. The Kier molecular flexibility index (Phi) is 9.45. The minimum atomic E-state index is 0.587. The van der Waals surface area contributed by atoms with E-state index in [0.29, 0.717) is 5.92 Å². The number of aromatic nitrogens is 2. The zero-order valence-electron chi connectivity index (χ0n) is 14.9. The van der Waals surface area contributed by atoms with Gasteiger partial charge in [-0.25, -0.2) is 9.55 Å². The molecule has 1 rings (SSSR count). The van der Waals surface area contributed by atoms with Crippen LogP contribution in [-0.4, -0.2) is 4.98 Å². The van der Waals surface area contributed by atoms with E-state index in [0.717, 1.165) is 6.54 Å². The highest BCUT2D eigenvalue weighted by molar-refractivity contribution is 4.94. The molecule has 0 radical (unpaired) electrons. The van der Waals surface area contributed by atoms with E-state index in [2.05, 4.69) is 43.4 Å². The number of aromatic amines is 1. The number of nitrogens with zero attached hydrogens (tertiary/aromatic N) is 1. The van der Waals surface area contributed by atoms with Crippen LogP contribution in [0, 0.1) is 0 Å². The van der Waals surface area contributed by atoms with E-state index >= 15 is 0 Å². The van der Waals surface area contributed by atoms with E-state index in [-0.39, 0.29) is 0 Å². The van der Waals surface area contributed by atoms with E-state index in [1.807, 2.05) is 0 Å². The molecule has 0 bridgehead atoms. The Bertz CT molecular complexity index is 366. The van der Waals surface area contributed by atoms with Crippen LogP contribution in [0.4, 0.5) is 0 Å². The lowest BCUT2D eigenvalue weighted by molar-refractivity contribution is -0.710. The van der Waals surface area contributed by atoms with Crippen molar-refractivity contribution in [1.82, 2.24) is 4.98 Å². The number of imidazole rings is 1. The predicted molar refractivity (Wildman–Crippen MR) is 91.7 cm³/mol. The highest BCUT2D eigenvalue weighted by Gasteiger charge is 2.19. The Balaban J connectivity index is 2.28. The molecule has 0 unspecified atom stereocenters. The fourth-order valence-corrected chi connectivity index (χ4v) is 3.08. The van der Waals surface area contributed by atoms with Crippen molar-refractivity contribution in [3.63, 3.8) is 0 Å². The third-order valence-electron chi connectivity index (χ3n) is 4.30. The number of unbranched alkanes of at least 4 members (excludes halogenated alkanes) is 7. The summed E-state index contributed by atoms with van der Waals surface area (Å²) in [5, 5.41) is 0. The van der Waals surface area contributed by atoms with Gasteiger partial charge in [-0.1, -0.05) is 72.6 Å². The molecule has 0 saturated heterocycles. The second-order valence-corrected chi connectivity index (χ2v) is 6.70. The van der Waals surface area contributed by atoms with Crippen LogP contribution in [0.2, 0.25) is 0 Å². The van der Waals surface area contributed by atoms with Crippen LogP contribution in [0.25, 0.3) is 0 Å². The summed E-state index contributed by atoms with van der Waals surface area (Å²) in [6.07, 6.45) is 15.9. The lowest BCUT2D eigenvalue weighted by atomic mass is 10.1. The van der Waals surface area contributed by atoms with Crippen molar-refractivity contribution >= 4 is 0 Å². The van der Waals surface area contributed by atoms with Gasteiger partial charge in [-0.2, -0.15) is 0 Å². The first kappa shape index (κ1) is 18.3.